The van der Waals surface area contributed by atoms with Gasteiger partial charge in [0.1, 0.15) is 0 Å². The number of hydrogen-bond donors (Lipinski definition) is 2. The lowest BCUT2D eigenvalue weighted by Gasteiger charge is -2.01. The predicted octanol–water partition coefficient (Wildman–Crippen LogP) is 1.58. The minimum atomic E-state index is 0.0411. The molecule has 0 unspecified atom stereocenters. The summed E-state index contributed by atoms with van der Waals surface area (Å²) in [4.78, 5) is 18.3. The van der Waals surface area contributed by atoms with Crippen LogP contribution in [0.1, 0.15) is 5.56 Å². The minimum Gasteiger partial charge on any atom is -0.468 e. The van der Waals surface area contributed by atoms with Crippen LogP contribution in [0.3, 0.4) is 0 Å². The van der Waals surface area contributed by atoms with Gasteiger partial charge in [0.15, 0.2) is 0 Å². The number of aromatic nitrogens is 2. The molecule has 0 fully saturated rings. The van der Waals surface area contributed by atoms with Crippen LogP contribution in [0.25, 0.3) is 11.3 Å². The summed E-state index contributed by atoms with van der Waals surface area (Å²) in [5, 5.41) is 2.80. The molecule has 1 aliphatic rings. The number of nitrogens with one attached hydrogen (secondary N) is 2. The third-order valence-corrected chi connectivity index (χ3v) is 2.79. The molecule has 2 heterocycles. The number of aromatic amines is 1. The lowest BCUT2D eigenvalue weighted by atomic mass is 10.1. The number of carbonyl (C=O) groups is 1. The van der Waals surface area contributed by atoms with Gasteiger partial charge in [-0.15, -0.1) is 0 Å². The van der Waals surface area contributed by atoms with Crippen LogP contribution in [0.15, 0.2) is 24.4 Å². The van der Waals surface area contributed by atoms with Crippen LogP contribution in [0.5, 0.6) is 6.01 Å². The first-order valence-corrected chi connectivity index (χ1v) is 5.28. The molecule has 2 aromatic rings. The summed E-state index contributed by atoms with van der Waals surface area (Å²) in [6.07, 6.45) is 2.15. The normalized spacial score (nSPS) is 13.4. The number of benzene rings is 1. The topological polar surface area (TPSA) is 67.0 Å². The van der Waals surface area contributed by atoms with Crippen LogP contribution in [-0.2, 0) is 11.2 Å². The highest BCUT2D eigenvalue weighted by molar-refractivity contribution is 5.99. The van der Waals surface area contributed by atoms with Crippen molar-refractivity contribution >= 4 is 11.6 Å². The highest BCUT2D eigenvalue weighted by Crippen LogP contribution is 2.28. The average Bonchev–Trinajstić information content (AvgIpc) is 2.92. The van der Waals surface area contributed by atoms with Crippen LogP contribution in [0.4, 0.5) is 5.69 Å². The van der Waals surface area contributed by atoms with E-state index in [4.69, 9.17) is 4.74 Å². The summed E-state index contributed by atoms with van der Waals surface area (Å²) < 4.78 is 4.99. The van der Waals surface area contributed by atoms with E-state index in [0.717, 1.165) is 22.5 Å². The van der Waals surface area contributed by atoms with Gasteiger partial charge in [-0.1, -0.05) is 6.07 Å². The van der Waals surface area contributed by atoms with Gasteiger partial charge in [-0.25, -0.2) is 4.98 Å². The van der Waals surface area contributed by atoms with Crippen molar-refractivity contribution in [3.05, 3.63) is 30.0 Å². The van der Waals surface area contributed by atoms with E-state index in [2.05, 4.69) is 15.3 Å². The lowest BCUT2D eigenvalue weighted by Crippen LogP contribution is -2.03. The number of anilines is 1. The first-order chi connectivity index (χ1) is 8.26. The zero-order valence-electron chi connectivity index (χ0n) is 9.28. The summed E-state index contributed by atoms with van der Waals surface area (Å²) in [6.45, 7) is 0. The molecule has 5 nitrogen and oxygen atoms in total. The molecule has 0 bridgehead atoms. The monoisotopic (exact) mass is 229 g/mol. The maximum atomic E-state index is 11.2. The van der Waals surface area contributed by atoms with Crippen LogP contribution in [0.2, 0.25) is 0 Å². The van der Waals surface area contributed by atoms with Gasteiger partial charge < -0.3 is 15.0 Å². The molecule has 1 aromatic carbocycles. The second-order valence-corrected chi connectivity index (χ2v) is 3.90. The van der Waals surface area contributed by atoms with E-state index >= 15 is 0 Å². The second kappa shape index (κ2) is 3.62. The van der Waals surface area contributed by atoms with Crippen LogP contribution in [-0.4, -0.2) is 23.0 Å². The predicted molar refractivity (Wildman–Crippen MR) is 62.9 cm³/mol. The fourth-order valence-corrected chi connectivity index (χ4v) is 1.95. The largest absolute Gasteiger partial charge is 0.468 e. The highest BCUT2D eigenvalue weighted by Gasteiger charge is 2.18. The second-order valence-electron chi connectivity index (χ2n) is 3.90. The van der Waals surface area contributed by atoms with Crippen molar-refractivity contribution in [2.75, 3.05) is 12.4 Å². The smallest absolute Gasteiger partial charge is 0.293 e. The van der Waals surface area contributed by atoms with Gasteiger partial charge in [-0.2, -0.15) is 0 Å². The molecule has 1 aliphatic heterocycles. The Labute approximate surface area is 97.8 Å². The van der Waals surface area contributed by atoms with Crippen molar-refractivity contribution < 1.29 is 9.53 Å². The number of nitrogens with zero attached hydrogens (tertiary/aromatic N) is 1. The van der Waals surface area contributed by atoms with E-state index in [1.165, 1.54) is 0 Å². The Bertz CT molecular complexity index is 589. The molecular weight excluding hydrogens is 218 g/mol. The summed E-state index contributed by atoms with van der Waals surface area (Å²) in [6, 6.07) is 6.31. The van der Waals surface area contributed by atoms with Crippen LogP contribution >= 0.6 is 0 Å². The molecule has 5 heteroatoms. The third kappa shape index (κ3) is 1.65. The van der Waals surface area contributed by atoms with Crippen molar-refractivity contribution in [1.29, 1.82) is 0 Å². The zero-order valence-corrected chi connectivity index (χ0v) is 9.28. The zero-order chi connectivity index (χ0) is 11.8. The molecule has 0 saturated heterocycles. The van der Waals surface area contributed by atoms with Gasteiger partial charge in [0.2, 0.25) is 5.91 Å². The van der Waals surface area contributed by atoms with Gasteiger partial charge in [0.05, 0.1) is 25.4 Å². The summed E-state index contributed by atoms with van der Waals surface area (Å²) in [7, 11) is 1.56. The number of methoxy groups -OCH3 is 1. The molecule has 1 aromatic heterocycles. The summed E-state index contributed by atoms with van der Waals surface area (Å²) >= 11 is 0. The quantitative estimate of drug-likeness (QED) is 0.821. The van der Waals surface area contributed by atoms with Crippen molar-refractivity contribution in [3.63, 3.8) is 0 Å². The van der Waals surface area contributed by atoms with Crippen LogP contribution in [0, 0.1) is 0 Å². The van der Waals surface area contributed by atoms with E-state index in [9.17, 15) is 4.79 Å². The maximum absolute atomic E-state index is 11.2. The fourth-order valence-electron chi connectivity index (χ4n) is 1.95. The number of hydrogen-bond acceptors (Lipinski definition) is 3. The highest BCUT2D eigenvalue weighted by atomic mass is 16.5. The summed E-state index contributed by atoms with van der Waals surface area (Å²) in [5.41, 5.74) is 3.78. The van der Waals surface area contributed by atoms with Crippen molar-refractivity contribution in [3.8, 4) is 17.3 Å². The van der Waals surface area contributed by atoms with Gasteiger partial charge in [0.25, 0.3) is 6.01 Å². The molecule has 86 valence electrons. The first-order valence-electron chi connectivity index (χ1n) is 5.28. The van der Waals surface area contributed by atoms with E-state index in [1.54, 1.807) is 13.3 Å². The Hall–Kier alpha value is -2.30. The first kappa shape index (κ1) is 9.89. The average molecular weight is 229 g/mol. The molecular formula is C12H11N3O2. The van der Waals surface area contributed by atoms with E-state index < -0.39 is 0 Å². The lowest BCUT2D eigenvalue weighted by molar-refractivity contribution is -0.115. The third-order valence-electron chi connectivity index (χ3n) is 2.79. The number of carbonyl (C=O) groups excluding carboxylic acids is 1. The van der Waals surface area contributed by atoms with Crippen molar-refractivity contribution in [1.82, 2.24) is 9.97 Å². The Morgan fingerprint density at radius 3 is 3.06 bits per heavy atom. The molecule has 0 aliphatic carbocycles. The molecule has 0 atom stereocenters. The van der Waals surface area contributed by atoms with Gasteiger partial charge in [-0.3, -0.25) is 4.79 Å². The number of fused-ring (bicyclic) bond motifs is 1. The van der Waals surface area contributed by atoms with Crippen LogP contribution < -0.4 is 10.1 Å². The van der Waals surface area contributed by atoms with Crippen molar-refractivity contribution in [2.45, 2.75) is 6.42 Å². The Morgan fingerprint density at radius 2 is 2.29 bits per heavy atom. The maximum Gasteiger partial charge on any atom is 0.293 e. The SMILES string of the molecule is COc1ncc(-c2ccc3c(c2)CC(=O)N3)[nH]1. The van der Waals surface area contributed by atoms with Crippen molar-refractivity contribution in [2.24, 2.45) is 0 Å². The Kier molecular flexibility index (Phi) is 2.11. The number of rotatable bonds is 2. The molecule has 17 heavy (non-hydrogen) atoms. The van der Waals surface area contributed by atoms with E-state index in [-0.39, 0.29) is 5.91 Å². The van der Waals surface area contributed by atoms with Gasteiger partial charge in [-0.05, 0) is 17.7 Å². The number of imidazole rings is 1. The molecule has 3 rings (SSSR count). The Morgan fingerprint density at radius 1 is 1.41 bits per heavy atom. The number of H-pyrrole nitrogens is 1. The number of amides is 1. The molecule has 0 spiro atoms. The molecule has 2 N–H and O–H groups in total. The standard InChI is InChI=1S/C12H11N3O2/c1-17-12-13-6-10(15-12)7-2-3-9-8(4-7)5-11(16)14-9/h2-4,6H,5H2,1H3,(H,13,15)(H,14,16). The Balaban J connectivity index is 1.99. The molecule has 1 amide bonds. The molecule has 0 radical (unpaired) electrons. The van der Waals surface area contributed by atoms with Gasteiger partial charge >= 0.3 is 0 Å². The molecule has 0 saturated carbocycles. The minimum absolute atomic E-state index is 0.0411. The number of ether oxygens (including phenoxy) is 1. The van der Waals surface area contributed by atoms with E-state index in [0.29, 0.717) is 12.4 Å². The van der Waals surface area contributed by atoms with Gasteiger partial charge in [0, 0.05) is 11.3 Å². The fraction of sp³-hybridized carbons (Fsp3) is 0.167. The van der Waals surface area contributed by atoms with E-state index in [1.807, 2.05) is 18.2 Å². The summed E-state index contributed by atoms with van der Waals surface area (Å²) in [5.74, 6) is 0.0411.